The molecule has 0 aromatic heterocycles. The van der Waals surface area contributed by atoms with Crippen molar-refractivity contribution in [1.29, 1.82) is 0 Å². The van der Waals surface area contributed by atoms with Crippen molar-refractivity contribution in [3.05, 3.63) is 29.3 Å². The highest BCUT2D eigenvalue weighted by molar-refractivity contribution is 5.38. The Balaban J connectivity index is 1.82. The summed E-state index contributed by atoms with van der Waals surface area (Å²) < 4.78 is 6.02. The summed E-state index contributed by atoms with van der Waals surface area (Å²) in [7, 11) is 0. The average molecular weight is 247 g/mol. The van der Waals surface area contributed by atoms with Crippen LogP contribution < -0.4 is 10.1 Å². The van der Waals surface area contributed by atoms with Crippen LogP contribution in [0.5, 0.6) is 5.75 Å². The smallest absolute Gasteiger partial charge is 0.122 e. The van der Waals surface area contributed by atoms with E-state index in [-0.39, 0.29) is 6.10 Å². The molecule has 0 saturated heterocycles. The Hall–Kier alpha value is -1.02. The molecule has 0 heterocycles. The third-order valence-corrected chi connectivity index (χ3v) is 3.93. The minimum atomic E-state index is 0.228. The highest BCUT2D eigenvalue weighted by atomic mass is 16.5. The van der Waals surface area contributed by atoms with E-state index in [9.17, 15) is 0 Å². The molecule has 0 bridgehead atoms. The lowest BCUT2D eigenvalue weighted by atomic mass is 10.1. The van der Waals surface area contributed by atoms with Crippen LogP contribution in [-0.2, 0) is 0 Å². The molecular weight excluding hydrogens is 222 g/mol. The lowest BCUT2D eigenvalue weighted by molar-refractivity contribution is 0.210. The van der Waals surface area contributed by atoms with Crippen LogP contribution in [0.25, 0.3) is 0 Å². The van der Waals surface area contributed by atoms with Crippen molar-refractivity contribution >= 4 is 0 Å². The zero-order valence-corrected chi connectivity index (χ0v) is 11.8. The monoisotopic (exact) mass is 247 g/mol. The van der Waals surface area contributed by atoms with Gasteiger partial charge in [-0.15, -0.1) is 0 Å². The van der Waals surface area contributed by atoms with Gasteiger partial charge < -0.3 is 10.1 Å². The van der Waals surface area contributed by atoms with E-state index in [0.29, 0.717) is 0 Å². The summed E-state index contributed by atoms with van der Waals surface area (Å²) in [6.45, 7) is 7.34. The van der Waals surface area contributed by atoms with E-state index in [4.69, 9.17) is 4.74 Å². The van der Waals surface area contributed by atoms with Crippen LogP contribution in [0.15, 0.2) is 18.2 Å². The Morgan fingerprint density at radius 2 is 2.00 bits per heavy atom. The summed E-state index contributed by atoms with van der Waals surface area (Å²) in [5.74, 6) is 1.02. The first-order valence-electron chi connectivity index (χ1n) is 7.13. The second kappa shape index (κ2) is 6.24. The summed E-state index contributed by atoms with van der Waals surface area (Å²) in [4.78, 5) is 0. The summed E-state index contributed by atoms with van der Waals surface area (Å²) >= 11 is 0. The minimum Gasteiger partial charge on any atom is -0.489 e. The molecule has 1 saturated carbocycles. The van der Waals surface area contributed by atoms with Gasteiger partial charge in [0.05, 0.1) is 0 Å². The zero-order valence-electron chi connectivity index (χ0n) is 11.8. The Bertz CT molecular complexity index is 383. The summed E-state index contributed by atoms with van der Waals surface area (Å²) in [6.07, 6.45) is 5.64. The predicted octanol–water partition coefficient (Wildman–Crippen LogP) is 3.60. The van der Waals surface area contributed by atoms with Crippen LogP contribution in [0.2, 0.25) is 0 Å². The Labute approximate surface area is 111 Å². The molecular formula is C16H25NO. The predicted molar refractivity (Wildman–Crippen MR) is 76.3 cm³/mol. The van der Waals surface area contributed by atoms with Crippen molar-refractivity contribution in [1.82, 2.24) is 5.32 Å². The maximum Gasteiger partial charge on any atom is 0.122 e. The van der Waals surface area contributed by atoms with E-state index < -0.39 is 0 Å². The fourth-order valence-corrected chi connectivity index (χ4v) is 2.57. The number of ether oxygens (including phenoxy) is 1. The van der Waals surface area contributed by atoms with Crippen LogP contribution in [-0.4, -0.2) is 18.7 Å². The molecule has 18 heavy (non-hydrogen) atoms. The molecule has 1 aliphatic carbocycles. The Morgan fingerprint density at radius 1 is 1.28 bits per heavy atom. The summed E-state index contributed by atoms with van der Waals surface area (Å²) in [6, 6.07) is 6.97. The van der Waals surface area contributed by atoms with Crippen molar-refractivity contribution in [2.75, 3.05) is 6.54 Å². The van der Waals surface area contributed by atoms with Gasteiger partial charge in [-0.05, 0) is 50.8 Å². The Morgan fingerprint density at radius 3 is 2.72 bits per heavy atom. The van der Waals surface area contributed by atoms with Gasteiger partial charge in [0.2, 0.25) is 0 Å². The lowest BCUT2D eigenvalue weighted by Gasteiger charge is -2.20. The maximum atomic E-state index is 6.02. The van der Waals surface area contributed by atoms with Gasteiger partial charge >= 0.3 is 0 Å². The molecule has 1 N–H and O–H groups in total. The van der Waals surface area contributed by atoms with Gasteiger partial charge in [0, 0.05) is 12.6 Å². The van der Waals surface area contributed by atoms with E-state index in [1.807, 2.05) is 0 Å². The van der Waals surface area contributed by atoms with Crippen LogP contribution in [0.3, 0.4) is 0 Å². The Kier molecular flexibility index (Phi) is 4.65. The first-order chi connectivity index (χ1) is 8.66. The fourth-order valence-electron chi connectivity index (χ4n) is 2.57. The van der Waals surface area contributed by atoms with Crippen LogP contribution in [0.4, 0.5) is 0 Å². The van der Waals surface area contributed by atoms with E-state index in [1.54, 1.807) is 0 Å². The van der Waals surface area contributed by atoms with E-state index in [0.717, 1.165) is 18.3 Å². The molecule has 100 valence electrons. The number of nitrogens with one attached hydrogen (secondary N) is 1. The molecule has 2 nitrogen and oxygen atoms in total. The van der Waals surface area contributed by atoms with Crippen molar-refractivity contribution in [3.63, 3.8) is 0 Å². The molecule has 2 heteroatoms. The third-order valence-electron chi connectivity index (χ3n) is 3.93. The topological polar surface area (TPSA) is 21.3 Å². The van der Waals surface area contributed by atoms with Crippen LogP contribution in [0, 0.1) is 13.8 Å². The van der Waals surface area contributed by atoms with Crippen molar-refractivity contribution in [2.45, 2.75) is 58.6 Å². The van der Waals surface area contributed by atoms with Crippen molar-refractivity contribution in [2.24, 2.45) is 0 Å². The highest BCUT2D eigenvalue weighted by Crippen LogP contribution is 2.22. The van der Waals surface area contributed by atoms with Gasteiger partial charge in [-0.2, -0.15) is 0 Å². The number of benzene rings is 1. The fraction of sp³-hybridized carbons (Fsp3) is 0.625. The average Bonchev–Trinajstić information content (AvgIpc) is 2.86. The van der Waals surface area contributed by atoms with Crippen LogP contribution >= 0.6 is 0 Å². The standard InChI is InChI=1S/C16H25NO/c1-12-7-6-10-16(14(12)3)18-13(2)11-17-15-8-4-5-9-15/h6-7,10,13,15,17H,4-5,8-9,11H2,1-3H3. The number of aryl methyl sites for hydroxylation is 1. The molecule has 0 amide bonds. The SMILES string of the molecule is Cc1cccc(OC(C)CNC2CCCC2)c1C. The first-order valence-corrected chi connectivity index (χ1v) is 7.13. The molecule has 0 aliphatic heterocycles. The first kappa shape index (κ1) is 13.4. The van der Waals surface area contributed by atoms with Gasteiger partial charge in [-0.3, -0.25) is 0 Å². The quantitative estimate of drug-likeness (QED) is 0.858. The van der Waals surface area contributed by atoms with Gasteiger partial charge in [-0.25, -0.2) is 0 Å². The molecule has 0 spiro atoms. The molecule has 1 unspecified atom stereocenters. The van der Waals surface area contributed by atoms with Crippen molar-refractivity contribution < 1.29 is 4.74 Å². The van der Waals surface area contributed by atoms with Crippen LogP contribution in [0.1, 0.15) is 43.7 Å². The molecule has 1 aromatic carbocycles. The summed E-state index contributed by atoms with van der Waals surface area (Å²) in [5, 5.41) is 3.61. The molecule has 1 fully saturated rings. The van der Waals surface area contributed by atoms with E-state index in [2.05, 4.69) is 44.3 Å². The number of rotatable bonds is 5. The largest absolute Gasteiger partial charge is 0.489 e. The number of hydrogen-bond donors (Lipinski definition) is 1. The number of hydrogen-bond acceptors (Lipinski definition) is 2. The second-order valence-corrected chi connectivity index (χ2v) is 5.52. The van der Waals surface area contributed by atoms with E-state index in [1.165, 1.54) is 36.8 Å². The maximum absolute atomic E-state index is 6.02. The summed E-state index contributed by atoms with van der Waals surface area (Å²) in [5.41, 5.74) is 2.55. The molecule has 1 aromatic rings. The second-order valence-electron chi connectivity index (χ2n) is 5.52. The van der Waals surface area contributed by atoms with Gasteiger partial charge in [0.1, 0.15) is 11.9 Å². The zero-order chi connectivity index (χ0) is 13.0. The van der Waals surface area contributed by atoms with Gasteiger partial charge in [0.25, 0.3) is 0 Å². The van der Waals surface area contributed by atoms with E-state index >= 15 is 0 Å². The van der Waals surface area contributed by atoms with Crippen molar-refractivity contribution in [3.8, 4) is 5.75 Å². The van der Waals surface area contributed by atoms with Gasteiger partial charge in [-0.1, -0.05) is 25.0 Å². The lowest BCUT2D eigenvalue weighted by Crippen LogP contribution is -2.35. The minimum absolute atomic E-state index is 0.228. The normalized spacial score (nSPS) is 17.9. The third kappa shape index (κ3) is 3.49. The molecule has 1 aliphatic rings. The molecule has 1 atom stereocenters. The molecule has 0 radical (unpaired) electrons. The molecule has 2 rings (SSSR count). The highest BCUT2D eigenvalue weighted by Gasteiger charge is 2.15. The van der Waals surface area contributed by atoms with Gasteiger partial charge in [0.15, 0.2) is 0 Å².